The summed E-state index contributed by atoms with van der Waals surface area (Å²) in [6.07, 6.45) is 6.20. The molecule has 1 saturated carbocycles. The van der Waals surface area contributed by atoms with E-state index in [2.05, 4.69) is 10.3 Å². The Kier molecular flexibility index (Phi) is 4.49. The number of nitrogens with one attached hydrogen (secondary N) is 1. The maximum atomic E-state index is 11.3. The minimum absolute atomic E-state index is 0.472. The number of allylic oxidation sites excluding steroid dienone is 1. The maximum absolute atomic E-state index is 11.3. The van der Waals surface area contributed by atoms with Crippen LogP contribution in [0.25, 0.3) is 16.3 Å². The highest BCUT2D eigenvalue weighted by atomic mass is 32.1. The lowest BCUT2D eigenvalue weighted by molar-refractivity contribution is -0.105. The molecule has 1 heterocycles. The second kappa shape index (κ2) is 6.54. The molecule has 0 aliphatic heterocycles. The van der Waals surface area contributed by atoms with E-state index >= 15 is 0 Å². The number of rotatable bonds is 4. The Labute approximate surface area is 138 Å². The summed E-state index contributed by atoms with van der Waals surface area (Å²) in [4.78, 5) is 17.6. The molecule has 0 bridgehead atoms. The van der Waals surface area contributed by atoms with Crippen LogP contribution in [-0.4, -0.2) is 34.4 Å². The van der Waals surface area contributed by atoms with Gasteiger partial charge in [-0.05, 0) is 55.3 Å². The van der Waals surface area contributed by atoms with Crippen molar-refractivity contribution in [1.29, 1.82) is 0 Å². The number of hydrogen-bond donors (Lipinski definition) is 1. The fourth-order valence-electron chi connectivity index (χ4n) is 2.39. The molecule has 0 spiro atoms. The van der Waals surface area contributed by atoms with Gasteiger partial charge in [0, 0.05) is 13.1 Å². The van der Waals surface area contributed by atoms with Crippen molar-refractivity contribution in [2.45, 2.75) is 25.3 Å². The molecule has 1 aliphatic rings. The highest BCUT2D eigenvalue weighted by Crippen LogP contribution is 2.24. The zero-order valence-corrected chi connectivity index (χ0v) is 13.9. The molecule has 6 heteroatoms. The van der Waals surface area contributed by atoms with Crippen molar-refractivity contribution in [3.8, 4) is 0 Å². The summed E-state index contributed by atoms with van der Waals surface area (Å²) in [6.45, 7) is 0. The smallest absolute Gasteiger partial charge is 0.173 e. The van der Waals surface area contributed by atoms with Crippen molar-refractivity contribution in [3.05, 3.63) is 35.0 Å². The lowest BCUT2D eigenvalue weighted by Crippen LogP contribution is -2.46. The molecule has 0 atom stereocenters. The van der Waals surface area contributed by atoms with Crippen LogP contribution in [0.5, 0.6) is 0 Å². The summed E-state index contributed by atoms with van der Waals surface area (Å²) in [5, 5.41) is 3.64. The summed E-state index contributed by atoms with van der Waals surface area (Å²) in [5.41, 5.74) is 4.23. The molecule has 0 saturated heterocycles. The quantitative estimate of drug-likeness (QED) is 0.529. The van der Waals surface area contributed by atoms with E-state index in [1.54, 1.807) is 11.3 Å². The summed E-state index contributed by atoms with van der Waals surface area (Å²) in [7, 11) is 1.98. The van der Waals surface area contributed by atoms with Gasteiger partial charge in [0.15, 0.2) is 11.4 Å². The molecule has 1 fully saturated rings. The third kappa shape index (κ3) is 3.18. The van der Waals surface area contributed by atoms with Crippen LogP contribution in [0, 0.1) is 0 Å². The van der Waals surface area contributed by atoms with Gasteiger partial charge < -0.3 is 10.2 Å². The third-order valence-corrected chi connectivity index (χ3v) is 5.18. The molecule has 114 valence electrons. The number of carbonyl (C=O) groups excluding carboxylic acids is 1. The zero-order chi connectivity index (χ0) is 15.5. The van der Waals surface area contributed by atoms with Gasteiger partial charge in [-0.15, -0.1) is 11.3 Å². The molecule has 4 nitrogen and oxygen atoms in total. The molecular formula is C16H17N3OS2. The van der Waals surface area contributed by atoms with Gasteiger partial charge in [-0.3, -0.25) is 4.79 Å². The van der Waals surface area contributed by atoms with Crippen LogP contribution in [0.4, 0.5) is 0 Å². The standard InChI is InChI=1S/C16H17N3OS2/c1-19(13-3-2-4-13)16(21)18-12(9-20)7-11-5-6-14-15(8-11)22-10-17-14/h5-10,13H,2-4H2,1H3,(H,18,21)/b12-7-. The van der Waals surface area contributed by atoms with Crippen molar-refractivity contribution < 1.29 is 4.79 Å². The van der Waals surface area contributed by atoms with Gasteiger partial charge in [-0.25, -0.2) is 4.98 Å². The van der Waals surface area contributed by atoms with Crippen LogP contribution < -0.4 is 5.32 Å². The van der Waals surface area contributed by atoms with E-state index in [-0.39, 0.29) is 0 Å². The predicted molar refractivity (Wildman–Crippen MR) is 94.8 cm³/mol. The lowest BCUT2D eigenvalue weighted by Gasteiger charge is -2.36. The fraction of sp³-hybridized carbons (Fsp3) is 0.312. The number of benzene rings is 1. The van der Waals surface area contributed by atoms with Gasteiger partial charge >= 0.3 is 0 Å². The second-order valence-corrected chi connectivity index (χ2v) is 6.70. The Morgan fingerprint density at radius 2 is 2.32 bits per heavy atom. The van der Waals surface area contributed by atoms with E-state index in [0.717, 1.165) is 22.1 Å². The normalized spacial score (nSPS) is 15.4. The first kappa shape index (κ1) is 15.1. The highest BCUT2D eigenvalue weighted by molar-refractivity contribution is 7.80. The number of thiocarbonyl (C=S) groups is 1. The van der Waals surface area contributed by atoms with Crippen LogP contribution in [0.2, 0.25) is 0 Å². The van der Waals surface area contributed by atoms with E-state index in [1.165, 1.54) is 19.3 Å². The average Bonchev–Trinajstić information content (AvgIpc) is 2.92. The van der Waals surface area contributed by atoms with E-state index in [4.69, 9.17) is 12.2 Å². The largest absolute Gasteiger partial charge is 0.349 e. The summed E-state index contributed by atoms with van der Waals surface area (Å²) in [6, 6.07) is 6.43. The molecule has 0 radical (unpaired) electrons. The molecule has 22 heavy (non-hydrogen) atoms. The van der Waals surface area contributed by atoms with Gasteiger partial charge in [0.25, 0.3) is 0 Å². The van der Waals surface area contributed by atoms with Gasteiger partial charge in [-0.1, -0.05) is 6.07 Å². The SMILES string of the molecule is CN(C(=S)N/C(C=O)=C\c1ccc2ncsc2c1)C1CCC1. The number of hydrogen-bond acceptors (Lipinski definition) is 4. The number of thiazole rings is 1. The maximum Gasteiger partial charge on any atom is 0.173 e. The first-order chi connectivity index (χ1) is 10.7. The van der Waals surface area contributed by atoms with E-state index in [9.17, 15) is 4.79 Å². The molecule has 1 aromatic heterocycles. The Hall–Kier alpha value is -1.79. The molecule has 1 aromatic carbocycles. The first-order valence-electron chi connectivity index (χ1n) is 7.21. The number of aldehydes is 1. The van der Waals surface area contributed by atoms with E-state index < -0.39 is 0 Å². The van der Waals surface area contributed by atoms with Crippen molar-refractivity contribution in [3.63, 3.8) is 0 Å². The van der Waals surface area contributed by atoms with Crippen LogP contribution >= 0.6 is 23.6 Å². The first-order valence-corrected chi connectivity index (χ1v) is 8.50. The Morgan fingerprint density at radius 3 is 3.00 bits per heavy atom. The van der Waals surface area contributed by atoms with Crippen molar-refractivity contribution in [1.82, 2.24) is 15.2 Å². The highest BCUT2D eigenvalue weighted by Gasteiger charge is 2.23. The lowest BCUT2D eigenvalue weighted by atomic mass is 9.92. The van der Waals surface area contributed by atoms with Gasteiger partial charge in [0.1, 0.15) is 0 Å². The molecule has 2 aromatic rings. The minimum Gasteiger partial charge on any atom is -0.349 e. The average molecular weight is 331 g/mol. The Balaban J connectivity index is 1.74. The third-order valence-electron chi connectivity index (χ3n) is 4.00. The van der Waals surface area contributed by atoms with E-state index in [1.807, 2.05) is 41.7 Å². The second-order valence-electron chi connectivity index (χ2n) is 5.42. The molecule has 3 rings (SSSR count). The Bertz CT molecular complexity index is 734. The number of carbonyl (C=O) groups is 1. The molecule has 0 unspecified atom stereocenters. The Morgan fingerprint density at radius 1 is 1.50 bits per heavy atom. The van der Waals surface area contributed by atoms with Crippen LogP contribution in [0.1, 0.15) is 24.8 Å². The van der Waals surface area contributed by atoms with Gasteiger partial charge in [0.2, 0.25) is 0 Å². The van der Waals surface area contributed by atoms with Crippen LogP contribution in [0.15, 0.2) is 29.4 Å². The molecule has 0 amide bonds. The van der Waals surface area contributed by atoms with Gasteiger partial charge in [-0.2, -0.15) is 0 Å². The van der Waals surface area contributed by atoms with Crippen molar-refractivity contribution >= 4 is 51.2 Å². The van der Waals surface area contributed by atoms with Crippen LogP contribution in [0.3, 0.4) is 0 Å². The van der Waals surface area contributed by atoms with Crippen LogP contribution in [-0.2, 0) is 4.79 Å². The fourth-order valence-corrected chi connectivity index (χ4v) is 3.38. The molecule has 1 N–H and O–H groups in total. The number of nitrogens with zero attached hydrogens (tertiary/aromatic N) is 2. The minimum atomic E-state index is 0.472. The zero-order valence-electron chi connectivity index (χ0n) is 12.3. The topological polar surface area (TPSA) is 45.2 Å². The monoisotopic (exact) mass is 331 g/mol. The number of aromatic nitrogens is 1. The molecule has 1 aliphatic carbocycles. The van der Waals surface area contributed by atoms with Crippen molar-refractivity contribution in [2.75, 3.05) is 7.05 Å². The summed E-state index contributed by atoms with van der Waals surface area (Å²) in [5.74, 6) is 0. The van der Waals surface area contributed by atoms with Crippen molar-refractivity contribution in [2.24, 2.45) is 0 Å². The predicted octanol–water partition coefficient (Wildman–Crippen LogP) is 3.19. The van der Waals surface area contributed by atoms with Gasteiger partial charge in [0.05, 0.1) is 21.4 Å². The summed E-state index contributed by atoms with van der Waals surface area (Å²) < 4.78 is 1.10. The summed E-state index contributed by atoms with van der Waals surface area (Å²) >= 11 is 6.97. The van der Waals surface area contributed by atoms with E-state index in [0.29, 0.717) is 16.9 Å². The number of fused-ring (bicyclic) bond motifs is 1. The molecular weight excluding hydrogens is 314 g/mol.